The van der Waals surface area contributed by atoms with Crippen molar-refractivity contribution in [3.8, 4) is 0 Å². The van der Waals surface area contributed by atoms with Crippen molar-refractivity contribution in [1.82, 2.24) is 4.90 Å². The first kappa shape index (κ1) is 12.5. The van der Waals surface area contributed by atoms with Crippen LogP contribution in [0.5, 0.6) is 0 Å². The zero-order chi connectivity index (χ0) is 11.4. The van der Waals surface area contributed by atoms with Gasteiger partial charge < -0.3 is 4.90 Å². The summed E-state index contributed by atoms with van der Waals surface area (Å²) in [5, 5.41) is 0. The Morgan fingerprint density at radius 1 is 1.47 bits per heavy atom. The van der Waals surface area contributed by atoms with Gasteiger partial charge in [0.05, 0.1) is 11.9 Å². The van der Waals surface area contributed by atoms with Crippen LogP contribution >= 0.6 is 11.6 Å². The molecule has 0 aromatic rings. The first-order valence-corrected chi connectivity index (χ1v) is 5.99. The predicted molar refractivity (Wildman–Crippen MR) is 59.9 cm³/mol. The van der Waals surface area contributed by atoms with Crippen molar-refractivity contribution in [1.29, 1.82) is 0 Å². The highest BCUT2D eigenvalue weighted by Gasteiger charge is 2.33. The number of amides is 1. The summed E-state index contributed by atoms with van der Waals surface area (Å²) in [6.07, 6.45) is 2.85. The molecule has 2 atom stereocenters. The molecule has 3 nitrogen and oxygen atoms in total. The molecule has 1 aliphatic rings. The Bertz CT molecular complexity index is 255. The second-order valence-electron chi connectivity index (χ2n) is 4.13. The molecular weight excluding hydrogens is 214 g/mol. The summed E-state index contributed by atoms with van der Waals surface area (Å²) in [5.74, 6) is 0.515. The summed E-state index contributed by atoms with van der Waals surface area (Å²) in [5.41, 5.74) is 0. The van der Waals surface area contributed by atoms with Crippen LogP contribution in [0.15, 0.2) is 0 Å². The molecular formula is C11H18ClNO2. The van der Waals surface area contributed by atoms with Crippen molar-refractivity contribution in [2.75, 3.05) is 12.4 Å². The molecule has 0 spiro atoms. The third-order valence-electron chi connectivity index (χ3n) is 3.20. The Hall–Kier alpha value is -0.570. The van der Waals surface area contributed by atoms with Gasteiger partial charge in [-0.25, -0.2) is 0 Å². The highest BCUT2D eigenvalue weighted by Crippen LogP contribution is 2.26. The molecule has 1 aliphatic heterocycles. The number of alkyl halides is 1. The lowest BCUT2D eigenvalue weighted by atomic mass is 9.87. The van der Waals surface area contributed by atoms with Crippen molar-refractivity contribution < 1.29 is 9.59 Å². The van der Waals surface area contributed by atoms with Crippen molar-refractivity contribution in [3.05, 3.63) is 0 Å². The molecule has 15 heavy (non-hydrogen) atoms. The minimum atomic E-state index is -0.279. The summed E-state index contributed by atoms with van der Waals surface area (Å²) < 4.78 is 0. The highest BCUT2D eigenvalue weighted by molar-refractivity contribution is 6.28. The van der Waals surface area contributed by atoms with Crippen LogP contribution < -0.4 is 0 Å². The second kappa shape index (κ2) is 5.50. The average molecular weight is 232 g/mol. The van der Waals surface area contributed by atoms with Crippen molar-refractivity contribution in [2.45, 2.75) is 39.2 Å². The molecule has 1 amide bonds. The van der Waals surface area contributed by atoms with Crippen molar-refractivity contribution in [3.63, 3.8) is 0 Å². The summed E-state index contributed by atoms with van der Waals surface area (Å²) in [7, 11) is 0. The SMILES string of the molecule is CCC1CCN(C(C)=O)C(C(=O)CCl)C1. The van der Waals surface area contributed by atoms with Gasteiger partial charge in [0.1, 0.15) is 0 Å². The first-order chi connectivity index (χ1) is 7.10. The van der Waals surface area contributed by atoms with E-state index in [-0.39, 0.29) is 23.6 Å². The lowest BCUT2D eigenvalue weighted by Gasteiger charge is -2.37. The van der Waals surface area contributed by atoms with Gasteiger partial charge in [0.2, 0.25) is 5.91 Å². The van der Waals surface area contributed by atoms with Crippen LogP contribution in [0.3, 0.4) is 0 Å². The molecule has 1 heterocycles. The molecule has 0 aromatic carbocycles. The number of nitrogens with zero attached hydrogens (tertiary/aromatic N) is 1. The smallest absolute Gasteiger partial charge is 0.220 e. The number of halogens is 1. The summed E-state index contributed by atoms with van der Waals surface area (Å²) in [6, 6.07) is -0.279. The number of piperidine rings is 1. The van der Waals surface area contributed by atoms with E-state index < -0.39 is 0 Å². The van der Waals surface area contributed by atoms with Gasteiger partial charge in [0, 0.05) is 13.5 Å². The Balaban J connectivity index is 2.73. The monoisotopic (exact) mass is 231 g/mol. The van der Waals surface area contributed by atoms with E-state index in [9.17, 15) is 9.59 Å². The van der Waals surface area contributed by atoms with Crippen molar-refractivity contribution >= 4 is 23.3 Å². The quantitative estimate of drug-likeness (QED) is 0.695. The Labute approximate surface area is 95.8 Å². The number of carbonyl (C=O) groups is 2. The summed E-state index contributed by atoms with van der Waals surface area (Å²) in [6.45, 7) is 4.33. The number of ketones is 1. The first-order valence-electron chi connectivity index (χ1n) is 5.46. The third-order valence-corrected chi connectivity index (χ3v) is 3.46. The number of Topliss-reactive ketones (excluding diaryl/α,β-unsaturated/α-hetero) is 1. The lowest BCUT2D eigenvalue weighted by molar-refractivity contribution is -0.139. The van der Waals surface area contributed by atoms with E-state index in [1.807, 2.05) is 0 Å². The largest absolute Gasteiger partial charge is 0.333 e. The fourth-order valence-corrected chi connectivity index (χ4v) is 2.36. The molecule has 1 fully saturated rings. The van der Waals surface area contributed by atoms with E-state index in [1.165, 1.54) is 6.92 Å². The summed E-state index contributed by atoms with van der Waals surface area (Å²) >= 11 is 5.56. The van der Waals surface area contributed by atoms with Crippen molar-refractivity contribution in [2.24, 2.45) is 5.92 Å². The van der Waals surface area contributed by atoms with Crippen LogP contribution in [0.4, 0.5) is 0 Å². The molecule has 86 valence electrons. The molecule has 4 heteroatoms. The molecule has 1 saturated heterocycles. The number of hydrogen-bond acceptors (Lipinski definition) is 2. The van der Waals surface area contributed by atoms with Gasteiger partial charge in [-0.1, -0.05) is 13.3 Å². The molecule has 0 N–H and O–H groups in total. The van der Waals surface area contributed by atoms with Crippen LogP contribution in [0.25, 0.3) is 0 Å². The van der Waals surface area contributed by atoms with E-state index in [1.54, 1.807) is 4.90 Å². The number of rotatable bonds is 3. The van der Waals surface area contributed by atoms with Gasteiger partial charge in [-0.05, 0) is 18.8 Å². The summed E-state index contributed by atoms with van der Waals surface area (Å²) in [4.78, 5) is 24.6. The van der Waals surface area contributed by atoms with Crippen LogP contribution in [0.2, 0.25) is 0 Å². The molecule has 1 rings (SSSR count). The van der Waals surface area contributed by atoms with E-state index in [2.05, 4.69) is 6.92 Å². The van der Waals surface area contributed by atoms with Crippen LogP contribution in [0.1, 0.15) is 33.1 Å². The number of hydrogen-bond donors (Lipinski definition) is 0. The maximum absolute atomic E-state index is 11.6. The molecule has 0 bridgehead atoms. The Morgan fingerprint density at radius 2 is 2.13 bits per heavy atom. The van der Waals surface area contributed by atoms with Crippen LogP contribution in [0, 0.1) is 5.92 Å². The topological polar surface area (TPSA) is 37.4 Å². The predicted octanol–water partition coefficient (Wildman–Crippen LogP) is 1.83. The maximum Gasteiger partial charge on any atom is 0.220 e. The van der Waals surface area contributed by atoms with E-state index in [0.717, 1.165) is 19.3 Å². The van der Waals surface area contributed by atoms with Gasteiger partial charge >= 0.3 is 0 Å². The van der Waals surface area contributed by atoms with Gasteiger partial charge in [-0.2, -0.15) is 0 Å². The normalized spacial score (nSPS) is 26.5. The van der Waals surface area contributed by atoms with E-state index >= 15 is 0 Å². The van der Waals surface area contributed by atoms with Gasteiger partial charge in [0.15, 0.2) is 5.78 Å². The zero-order valence-electron chi connectivity index (χ0n) is 9.33. The van der Waals surface area contributed by atoms with Gasteiger partial charge in [-0.15, -0.1) is 11.6 Å². The van der Waals surface area contributed by atoms with Gasteiger partial charge in [0.25, 0.3) is 0 Å². The standard InChI is InChI=1S/C11H18ClNO2/c1-3-9-4-5-13(8(2)14)10(6-9)11(15)7-12/h9-10H,3-7H2,1-2H3. The van der Waals surface area contributed by atoms with Crippen LogP contribution in [-0.2, 0) is 9.59 Å². The fraction of sp³-hybridized carbons (Fsp3) is 0.818. The highest BCUT2D eigenvalue weighted by atomic mass is 35.5. The Kier molecular flexibility index (Phi) is 4.58. The maximum atomic E-state index is 11.6. The number of likely N-dealkylation sites (tertiary alicyclic amines) is 1. The van der Waals surface area contributed by atoms with Crippen LogP contribution in [-0.4, -0.2) is 35.1 Å². The molecule has 0 aliphatic carbocycles. The minimum Gasteiger partial charge on any atom is -0.333 e. The Morgan fingerprint density at radius 3 is 2.60 bits per heavy atom. The van der Waals surface area contributed by atoms with E-state index in [0.29, 0.717) is 12.5 Å². The zero-order valence-corrected chi connectivity index (χ0v) is 10.1. The molecule has 0 radical (unpaired) electrons. The van der Waals surface area contributed by atoms with E-state index in [4.69, 9.17) is 11.6 Å². The minimum absolute atomic E-state index is 0.00484. The molecule has 0 saturated carbocycles. The average Bonchev–Trinajstić information content (AvgIpc) is 2.26. The third kappa shape index (κ3) is 2.94. The number of carbonyl (C=O) groups excluding carboxylic acids is 2. The fourth-order valence-electron chi connectivity index (χ4n) is 2.18. The second-order valence-corrected chi connectivity index (χ2v) is 4.39. The molecule has 0 aromatic heterocycles. The lowest BCUT2D eigenvalue weighted by Crippen LogP contribution is -2.49. The van der Waals surface area contributed by atoms with Gasteiger partial charge in [-0.3, -0.25) is 9.59 Å². The molecule has 2 unspecified atom stereocenters.